The van der Waals surface area contributed by atoms with Crippen molar-refractivity contribution in [2.75, 3.05) is 13.7 Å². The molecular formula is C21H18INO4. The molecular weight excluding hydrogens is 457 g/mol. The monoisotopic (exact) mass is 475 g/mol. The molecule has 0 saturated carbocycles. The van der Waals surface area contributed by atoms with Crippen molar-refractivity contribution in [3.63, 3.8) is 0 Å². The molecule has 27 heavy (non-hydrogen) atoms. The Balaban J connectivity index is 1.93. The lowest BCUT2D eigenvalue weighted by atomic mass is 10.1. The fourth-order valence-corrected chi connectivity index (χ4v) is 3.27. The van der Waals surface area contributed by atoms with Gasteiger partial charge in [-0.15, -0.1) is 0 Å². The number of carbonyl (C=O) groups is 1. The Hall–Kier alpha value is -2.61. The molecule has 0 amide bonds. The van der Waals surface area contributed by atoms with Crippen molar-refractivity contribution in [2.24, 2.45) is 4.99 Å². The Morgan fingerprint density at radius 3 is 2.67 bits per heavy atom. The molecule has 1 aliphatic heterocycles. The van der Waals surface area contributed by atoms with Crippen molar-refractivity contribution in [2.45, 2.75) is 6.92 Å². The minimum absolute atomic E-state index is 0.239. The molecule has 2 aromatic carbocycles. The van der Waals surface area contributed by atoms with Crippen LogP contribution in [0.5, 0.6) is 11.5 Å². The van der Waals surface area contributed by atoms with Crippen LogP contribution in [0.3, 0.4) is 0 Å². The third-order valence-electron chi connectivity index (χ3n) is 3.82. The lowest BCUT2D eigenvalue weighted by Crippen LogP contribution is -2.05. The minimum atomic E-state index is -0.480. The molecule has 0 saturated heterocycles. The highest BCUT2D eigenvalue weighted by atomic mass is 127. The van der Waals surface area contributed by atoms with Gasteiger partial charge >= 0.3 is 5.97 Å². The Morgan fingerprint density at radius 1 is 1.26 bits per heavy atom. The quantitative estimate of drug-likeness (QED) is 0.267. The molecule has 0 fully saturated rings. The number of aryl methyl sites for hydroxylation is 1. The SMILES string of the molecule is C=CCOc1c(I)cc(/C=C2/N=C(c3ccc(C)cc3)OC2=O)cc1OC. The number of carbonyl (C=O) groups excluding carboxylic acids is 1. The number of benzene rings is 2. The van der Waals surface area contributed by atoms with Gasteiger partial charge in [-0.25, -0.2) is 9.79 Å². The van der Waals surface area contributed by atoms with Gasteiger partial charge in [-0.05, 0) is 65.4 Å². The normalized spacial score (nSPS) is 14.7. The summed E-state index contributed by atoms with van der Waals surface area (Å²) >= 11 is 2.16. The van der Waals surface area contributed by atoms with Crippen molar-refractivity contribution >= 4 is 40.5 Å². The predicted octanol–water partition coefficient (Wildman–Crippen LogP) is 4.52. The summed E-state index contributed by atoms with van der Waals surface area (Å²) in [7, 11) is 1.57. The van der Waals surface area contributed by atoms with Gasteiger partial charge in [-0.2, -0.15) is 0 Å². The van der Waals surface area contributed by atoms with Gasteiger partial charge in [0.2, 0.25) is 5.90 Å². The van der Waals surface area contributed by atoms with Crippen LogP contribution >= 0.6 is 22.6 Å². The number of cyclic esters (lactones) is 1. The summed E-state index contributed by atoms with van der Waals surface area (Å²) in [5.74, 6) is 1.04. The molecule has 0 bridgehead atoms. The molecule has 0 aliphatic carbocycles. The van der Waals surface area contributed by atoms with E-state index in [0.717, 1.165) is 20.3 Å². The zero-order valence-corrected chi connectivity index (χ0v) is 17.1. The first-order valence-corrected chi connectivity index (χ1v) is 9.30. The van der Waals surface area contributed by atoms with Crippen molar-refractivity contribution < 1.29 is 19.0 Å². The molecule has 138 valence electrons. The smallest absolute Gasteiger partial charge is 0.363 e. The number of nitrogens with zero attached hydrogens (tertiary/aromatic N) is 1. The number of hydrogen-bond acceptors (Lipinski definition) is 5. The van der Waals surface area contributed by atoms with E-state index in [1.165, 1.54) is 0 Å². The maximum absolute atomic E-state index is 12.2. The second kappa shape index (κ2) is 8.39. The van der Waals surface area contributed by atoms with Gasteiger partial charge in [-0.3, -0.25) is 0 Å². The number of hydrogen-bond donors (Lipinski definition) is 0. The molecule has 1 heterocycles. The number of aliphatic imine (C=N–C) groups is 1. The van der Waals surface area contributed by atoms with E-state index in [4.69, 9.17) is 14.2 Å². The van der Waals surface area contributed by atoms with Crippen LogP contribution in [0.15, 0.2) is 59.7 Å². The number of ether oxygens (including phenoxy) is 3. The second-order valence-corrected chi connectivity index (χ2v) is 7.00. The molecule has 6 heteroatoms. The molecule has 5 nitrogen and oxygen atoms in total. The zero-order chi connectivity index (χ0) is 19.4. The first-order valence-electron chi connectivity index (χ1n) is 8.22. The molecule has 0 aromatic heterocycles. The topological polar surface area (TPSA) is 57.1 Å². The summed E-state index contributed by atoms with van der Waals surface area (Å²) in [6.45, 7) is 6.02. The standard InChI is InChI=1S/C21H18INO4/c1-4-9-26-19-16(22)10-14(12-18(19)25-3)11-17-21(24)27-20(23-17)15-7-5-13(2)6-8-15/h4-8,10-12H,1,9H2,2-3H3/b17-11+. The summed E-state index contributed by atoms with van der Waals surface area (Å²) in [6.07, 6.45) is 3.34. The molecule has 0 N–H and O–H groups in total. The number of halogens is 1. The van der Waals surface area contributed by atoms with E-state index in [2.05, 4.69) is 34.2 Å². The summed E-state index contributed by atoms with van der Waals surface area (Å²) in [5.41, 5.74) is 2.89. The Kier molecular flexibility index (Phi) is 5.95. The predicted molar refractivity (Wildman–Crippen MR) is 113 cm³/mol. The van der Waals surface area contributed by atoms with Gasteiger partial charge < -0.3 is 14.2 Å². The molecule has 3 rings (SSSR count). The fraction of sp³-hybridized carbons (Fsp3) is 0.143. The van der Waals surface area contributed by atoms with Gasteiger partial charge in [-0.1, -0.05) is 30.4 Å². The first-order chi connectivity index (χ1) is 13.0. The van der Waals surface area contributed by atoms with Crippen molar-refractivity contribution in [3.8, 4) is 11.5 Å². The van der Waals surface area contributed by atoms with Crippen LogP contribution in [-0.4, -0.2) is 25.6 Å². The first kappa shape index (κ1) is 19.2. The van der Waals surface area contributed by atoms with E-state index in [9.17, 15) is 4.79 Å². The summed E-state index contributed by atoms with van der Waals surface area (Å²) in [4.78, 5) is 16.5. The highest BCUT2D eigenvalue weighted by Crippen LogP contribution is 2.35. The van der Waals surface area contributed by atoms with Gasteiger partial charge in [0.05, 0.1) is 10.7 Å². The van der Waals surface area contributed by atoms with E-state index >= 15 is 0 Å². The van der Waals surface area contributed by atoms with E-state index in [1.54, 1.807) is 25.3 Å². The average molecular weight is 475 g/mol. The molecule has 1 aliphatic rings. The Morgan fingerprint density at radius 2 is 2.00 bits per heavy atom. The van der Waals surface area contributed by atoms with Crippen LogP contribution in [-0.2, 0) is 9.53 Å². The van der Waals surface area contributed by atoms with Crippen molar-refractivity contribution in [1.29, 1.82) is 0 Å². The van der Waals surface area contributed by atoms with Crippen LogP contribution in [0, 0.1) is 10.5 Å². The Bertz CT molecular complexity index is 945. The van der Waals surface area contributed by atoms with Gasteiger partial charge in [0.25, 0.3) is 0 Å². The van der Waals surface area contributed by atoms with E-state index in [1.807, 2.05) is 37.3 Å². The molecule has 0 radical (unpaired) electrons. The van der Waals surface area contributed by atoms with Gasteiger partial charge in [0.15, 0.2) is 17.2 Å². The van der Waals surface area contributed by atoms with Gasteiger partial charge in [0.1, 0.15) is 6.61 Å². The third kappa shape index (κ3) is 4.39. The maximum atomic E-state index is 12.2. The van der Waals surface area contributed by atoms with Crippen LogP contribution < -0.4 is 9.47 Å². The highest BCUT2D eigenvalue weighted by molar-refractivity contribution is 14.1. The average Bonchev–Trinajstić information content (AvgIpc) is 3.01. The van der Waals surface area contributed by atoms with E-state index in [-0.39, 0.29) is 5.70 Å². The number of esters is 1. The lowest BCUT2D eigenvalue weighted by Gasteiger charge is -2.12. The van der Waals surface area contributed by atoms with Gasteiger partial charge in [0, 0.05) is 5.56 Å². The minimum Gasteiger partial charge on any atom is -0.493 e. The van der Waals surface area contributed by atoms with E-state index in [0.29, 0.717) is 24.0 Å². The number of methoxy groups -OCH3 is 1. The molecule has 2 aromatic rings. The van der Waals surface area contributed by atoms with Crippen LogP contribution in [0.1, 0.15) is 16.7 Å². The van der Waals surface area contributed by atoms with Crippen molar-refractivity contribution in [1.82, 2.24) is 0 Å². The van der Waals surface area contributed by atoms with Crippen molar-refractivity contribution in [3.05, 3.63) is 75.0 Å². The molecule has 0 atom stereocenters. The summed E-state index contributed by atoms with van der Waals surface area (Å²) in [6, 6.07) is 11.3. The second-order valence-electron chi connectivity index (χ2n) is 5.84. The Labute approximate surface area is 171 Å². The maximum Gasteiger partial charge on any atom is 0.363 e. The van der Waals surface area contributed by atoms with Crippen LogP contribution in [0.25, 0.3) is 6.08 Å². The summed E-state index contributed by atoms with van der Waals surface area (Å²) < 4.78 is 17.2. The zero-order valence-electron chi connectivity index (χ0n) is 15.0. The third-order valence-corrected chi connectivity index (χ3v) is 4.62. The largest absolute Gasteiger partial charge is 0.493 e. The summed E-state index contributed by atoms with van der Waals surface area (Å²) in [5, 5.41) is 0. The van der Waals surface area contributed by atoms with E-state index < -0.39 is 5.97 Å². The van der Waals surface area contributed by atoms with Crippen LogP contribution in [0.2, 0.25) is 0 Å². The fourth-order valence-electron chi connectivity index (χ4n) is 2.49. The van der Waals surface area contributed by atoms with Crippen LogP contribution in [0.4, 0.5) is 0 Å². The lowest BCUT2D eigenvalue weighted by molar-refractivity contribution is -0.129. The molecule has 0 spiro atoms. The number of rotatable bonds is 6. The highest BCUT2D eigenvalue weighted by Gasteiger charge is 2.24. The molecule has 0 unspecified atom stereocenters.